The van der Waals surface area contributed by atoms with Gasteiger partial charge in [0.05, 0.1) is 11.7 Å². The summed E-state index contributed by atoms with van der Waals surface area (Å²) in [6.07, 6.45) is -0.395. The minimum absolute atomic E-state index is 0.0381. The Morgan fingerprint density at radius 1 is 1.06 bits per heavy atom. The molecule has 0 bridgehead atoms. The lowest BCUT2D eigenvalue weighted by molar-refractivity contribution is -0.171. The molecule has 3 heteroatoms. The summed E-state index contributed by atoms with van der Waals surface area (Å²) in [5, 5.41) is 9.80. The molecule has 96 valence electrons. The van der Waals surface area contributed by atoms with E-state index in [0.29, 0.717) is 0 Å². The average molecular weight is 230 g/mol. The predicted molar refractivity (Wildman–Crippen MR) is 65.4 cm³/mol. The van der Waals surface area contributed by atoms with E-state index in [-0.39, 0.29) is 5.78 Å². The zero-order valence-corrected chi connectivity index (χ0v) is 11.8. The van der Waals surface area contributed by atoms with Crippen molar-refractivity contribution in [1.82, 2.24) is 0 Å². The molecule has 0 heterocycles. The van der Waals surface area contributed by atoms with Crippen molar-refractivity contribution >= 4 is 5.78 Å². The predicted octanol–water partition coefficient (Wildman–Crippen LogP) is 2.56. The van der Waals surface area contributed by atoms with Crippen LogP contribution < -0.4 is 0 Å². The van der Waals surface area contributed by atoms with Gasteiger partial charge >= 0.3 is 0 Å². The Morgan fingerprint density at radius 3 is 1.69 bits per heavy atom. The fourth-order valence-corrected chi connectivity index (χ4v) is 1.54. The molecule has 1 N–H and O–H groups in total. The minimum atomic E-state index is -0.949. The van der Waals surface area contributed by atoms with Gasteiger partial charge in [-0.2, -0.15) is 0 Å². The van der Waals surface area contributed by atoms with Gasteiger partial charge in [-0.25, -0.2) is 0 Å². The fraction of sp³-hybridized carbons (Fsp3) is 0.923. The molecule has 3 nitrogen and oxygen atoms in total. The van der Waals surface area contributed by atoms with Crippen molar-refractivity contribution in [1.29, 1.82) is 0 Å². The number of ether oxygens (including phenoxy) is 1. The number of rotatable bonds is 4. The minimum Gasteiger partial charge on any atom is -0.388 e. The van der Waals surface area contributed by atoms with Crippen molar-refractivity contribution < 1.29 is 14.6 Å². The SMILES string of the molecule is CC(OC(C)(C)C(=O)C(C)(C)C)C(C)(C)O. The van der Waals surface area contributed by atoms with Gasteiger partial charge in [-0.05, 0) is 34.6 Å². The molecule has 1 unspecified atom stereocenters. The summed E-state index contributed by atoms with van der Waals surface area (Å²) in [5.74, 6) is 0.0381. The molecular weight excluding hydrogens is 204 g/mol. The van der Waals surface area contributed by atoms with Crippen molar-refractivity contribution in [2.24, 2.45) is 5.41 Å². The molecule has 0 saturated heterocycles. The van der Waals surface area contributed by atoms with Crippen LogP contribution >= 0.6 is 0 Å². The van der Waals surface area contributed by atoms with E-state index in [2.05, 4.69) is 0 Å². The van der Waals surface area contributed by atoms with Gasteiger partial charge in [-0.3, -0.25) is 4.79 Å². The zero-order valence-electron chi connectivity index (χ0n) is 11.8. The van der Waals surface area contributed by atoms with E-state index in [1.165, 1.54) is 0 Å². The highest BCUT2D eigenvalue weighted by Gasteiger charge is 2.40. The van der Waals surface area contributed by atoms with Crippen molar-refractivity contribution in [3.05, 3.63) is 0 Å². The Bertz CT molecular complexity index is 253. The molecule has 0 aliphatic carbocycles. The highest BCUT2D eigenvalue weighted by Crippen LogP contribution is 2.28. The summed E-state index contributed by atoms with van der Waals surface area (Å²) in [7, 11) is 0. The van der Waals surface area contributed by atoms with Crippen LogP contribution in [0.5, 0.6) is 0 Å². The first-order chi connectivity index (χ1) is 6.78. The average Bonchev–Trinajstić information content (AvgIpc) is 1.98. The quantitative estimate of drug-likeness (QED) is 0.807. The van der Waals surface area contributed by atoms with Gasteiger partial charge in [0, 0.05) is 5.41 Å². The summed E-state index contributed by atoms with van der Waals surface area (Å²) in [6, 6.07) is 0. The Hall–Kier alpha value is -0.410. The third kappa shape index (κ3) is 4.22. The number of carbonyl (C=O) groups is 1. The largest absolute Gasteiger partial charge is 0.388 e. The number of hydrogen-bond acceptors (Lipinski definition) is 3. The van der Waals surface area contributed by atoms with Crippen LogP contribution in [0.4, 0.5) is 0 Å². The second-order valence-electron chi connectivity index (χ2n) is 6.50. The zero-order chi connectivity index (χ0) is 13.4. The van der Waals surface area contributed by atoms with Crippen LogP contribution in [0.25, 0.3) is 0 Å². The molecule has 0 radical (unpaired) electrons. The van der Waals surface area contributed by atoms with Crippen LogP contribution in [-0.4, -0.2) is 28.2 Å². The Balaban J connectivity index is 4.78. The first-order valence-corrected chi connectivity index (χ1v) is 5.73. The summed E-state index contributed by atoms with van der Waals surface area (Å²) in [6.45, 7) is 14.2. The maximum Gasteiger partial charge on any atom is 0.169 e. The first-order valence-electron chi connectivity index (χ1n) is 5.73. The molecule has 1 atom stereocenters. The lowest BCUT2D eigenvalue weighted by Crippen LogP contribution is -2.49. The van der Waals surface area contributed by atoms with E-state index in [1.54, 1.807) is 34.6 Å². The highest BCUT2D eigenvalue weighted by molar-refractivity contribution is 5.91. The Kier molecular flexibility index (Phi) is 4.34. The summed E-state index contributed by atoms with van der Waals surface area (Å²) in [4.78, 5) is 12.1. The van der Waals surface area contributed by atoms with E-state index in [0.717, 1.165) is 0 Å². The highest BCUT2D eigenvalue weighted by atomic mass is 16.5. The standard InChI is InChI=1S/C13H26O3/c1-9(12(5,6)15)16-13(7,8)10(14)11(2,3)4/h9,15H,1-8H3. The summed E-state index contributed by atoms with van der Waals surface area (Å²) >= 11 is 0. The van der Waals surface area contributed by atoms with Gasteiger partial charge in [-0.15, -0.1) is 0 Å². The number of Topliss-reactive ketones (excluding diaryl/α,β-unsaturated/α-hetero) is 1. The molecule has 0 aromatic carbocycles. The maximum atomic E-state index is 12.1. The number of ketones is 1. The lowest BCUT2D eigenvalue weighted by atomic mass is 9.81. The van der Waals surface area contributed by atoms with Gasteiger partial charge in [0.2, 0.25) is 0 Å². The van der Waals surface area contributed by atoms with E-state index in [1.807, 2.05) is 20.8 Å². The van der Waals surface area contributed by atoms with Crippen LogP contribution in [0, 0.1) is 5.41 Å². The monoisotopic (exact) mass is 230 g/mol. The molecule has 0 rings (SSSR count). The normalized spacial score (nSPS) is 16.1. The maximum absolute atomic E-state index is 12.1. The molecule has 0 aliphatic rings. The molecule has 0 aromatic heterocycles. The van der Waals surface area contributed by atoms with Crippen LogP contribution in [0.3, 0.4) is 0 Å². The van der Waals surface area contributed by atoms with Gasteiger partial charge in [0.1, 0.15) is 5.60 Å². The van der Waals surface area contributed by atoms with Crippen LogP contribution in [0.15, 0.2) is 0 Å². The fourth-order valence-electron chi connectivity index (χ4n) is 1.54. The molecule has 0 spiro atoms. The molecule has 0 amide bonds. The van der Waals surface area contributed by atoms with Gasteiger partial charge in [0.15, 0.2) is 5.78 Å². The third-order valence-corrected chi connectivity index (χ3v) is 2.69. The van der Waals surface area contributed by atoms with Gasteiger partial charge in [-0.1, -0.05) is 20.8 Å². The molecule has 0 aliphatic heterocycles. The van der Waals surface area contributed by atoms with Crippen LogP contribution in [0.2, 0.25) is 0 Å². The summed E-state index contributed by atoms with van der Waals surface area (Å²) in [5.41, 5.74) is -2.27. The molecule has 16 heavy (non-hydrogen) atoms. The van der Waals surface area contributed by atoms with Crippen LogP contribution in [-0.2, 0) is 9.53 Å². The van der Waals surface area contributed by atoms with E-state index < -0.39 is 22.7 Å². The molecular formula is C13H26O3. The van der Waals surface area contributed by atoms with Crippen molar-refractivity contribution in [3.8, 4) is 0 Å². The van der Waals surface area contributed by atoms with E-state index >= 15 is 0 Å². The Morgan fingerprint density at radius 2 is 1.44 bits per heavy atom. The second kappa shape index (κ2) is 4.46. The third-order valence-electron chi connectivity index (χ3n) is 2.69. The van der Waals surface area contributed by atoms with Gasteiger partial charge in [0.25, 0.3) is 0 Å². The molecule has 0 aromatic rings. The van der Waals surface area contributed by atoms with Crippen molar-refractivity contribution in [2.75, 3.05) is 0 Å². The molecule has 0 saturated carbocycles. The van der Waals surface area contributed by atoms with E-state index in [4.69, 9.17) is 4.74 Å². The van der Waals surface area contributed by atoms with Crippen molar-refractivity contribution in [3.63, 3.8) is 0 Å². The number of carbonyl (C=O) groups excluding carboxylic acids is 1. The molecule has 0 fully saturated rings. The van der Waals surface area contributed by atoms with E-state index in [9.17, 15) is 9.90 Å². The summed E-state index contributed by atoms with van der Waals surface area (Å²) < 4.78 is 5.69. The van der Waals surface area contributed by atoms with Crippen LogP contribution in [0.1, 0.15) is 55.4 Å². The lowest BCUT2D eigenvalue weighted by Gasteiger charge is -2.37. The number of hydrogen-bond donors (Lipinski definition) is 1. The van der Waals surface area contributed by atoms with Gasteiger partial charge < -0.3 is 9.84 Å². The number of aliphatic hydroxyl groups is 1. The first kappa shape index (κ1) is 15.6. The smallest absolute Gasteiger partial charge is 0.169 e. The topological polar surface area (TPSA) is 46.5 Å². The second-order valence-corrected chi connectivity index (χ2v) is 6.50. The Labute approximate surface area is 99.2 Å². The van der Waals surface area contributed by atoms with Crippen molar-refractivity contribution in [2.45, 2.75) is 72.7 Å².